The zero-order valence-corrected chi connectivity index (χ0v) is 12.8. The van der Waals surface area contributed by atoms with E-state index < -0.39 is 0 Å². The topological polar surface area (TPSA) is 38.3 Å². The van der Waals surface area contributed by atoms with Crippen molar-refractivity contribution in [3.63, 3.8) is 0 Å². The van der Waals surface area contributed by atoms with Crippen molar-refractivity contribution in [1.29, 1.82) is 0 Å². The van der Waals surface area contributed by atoms with Crippen molar-refractivity contribution in [3.05, 3.63) is 65.5 Å². The third-order valence-electron chi connectivity index (χ3n) is 3.35. The summed E-state index contributed by atoms with van der Waals surface area (Å²) in [6.45, 7) is 4.30. The normalized spacial score (nSPS) is 10.5. The number of hydrogen-bond donors (Lipinski definition) is 1. The molecule has 0 fully saturated rings. The minimum absolute atomic E-state index is 0.0878. The SMILES string of the molecule is CC(C)c1ccc(OCC(=O)NCc2ccccc2F)cc1. The minimum Gasteiger partial charge on any atom is -0.484 e. The monoisotopic (exact) mass is 301 g/mol. The Labute approximate surface area is 130 Å². The molecule has 0 bridgehead atoms. The Balaban J connectivity index is 1.79. The molecule has 0 spiro atoms. The van der Waals surface area contributed by atoms with Gasteiger partial charge in [0.25, 0.3) is 5.91 Å². The van der Waals surface area contributed by atoms with Crippen molar-refractivity contribution >= 4 is 5.91 Å². The number of nitrogens with one attached hydrogen (secondary N) is 1. The Morgan fingerprint density at radius 2 is 1.82 bits per heavy atom. The van der Waals surface area contributed by atoms with E-state index in [0.717, 1.165) is 0 Å². The standard InChI is InChI=1S/C18H20FNO2/c1-13(2)14-7-9-16(10-8-14)22-12-18(21)20-11-15-5-3-4-6-17(15)19/h3-10,13H,11-12H2,1-2H3,(H,20,21). The van der Waals surface area contributed by atoms with Crippen LogP contribution < -0.4 is 10.1 Å². The fraction of sp³-hybridized carbons (Fsp3) is 0.278. The van der Waals surface area contributed by atoms with E-state index in [0.29, 0.717) is 17.2 Å². The van der Waals surface area contributed by atoms with Crippen LogP contribution in [0, 0.1) is 5.82 Å². The maximum Gasteiger partial charge on any atom is 0.258 e. The number of halogens is 1. The first kappa shape index (κ1) is 16.0. The van der Waals surface area contributed by atoms with Gasteiger partial charge in [-0.1, -0.05) is 44.2 Å². The molecule has 2 aromatic carbocycles. The molecule has 22 heavy (non-hydrogen) atoms. The predicted octanol–water partition coefficient (Wildman–Crippen LogP) is 3.64. The van der Waals surface area contributed by atoms with Crippen molar-refractivity contribution in [2.45, 2.75) is 26.3 Å². The van der Waals surface area contributed by atoms with E-state index in [2.05, 4.69) is 19.2 Å². The zero-order valence-electron chi connectivity index (χ0n) is 12.8. The Bertz CT molecular complexity index is 623. The fourth-order valence-corrected chi connectivity index (χ4v) is 1.98. The molecule has 0 aliphatic heterocycles. The molecule has 0 unspecified atom stereocenters. The van der Waals surface area contributed by atoms with Gasteiger partial charge < -0.3 is 10.1 Å². The summed E-state index contributed by atoms with van der Waals surface area (Å²) in [5, 5.41) is 2.64. The van der Waals surface area contributed by atoms with Crippen molar-refractivity contribution in [3.8, 4) is 5.75 Å². The van der Waals surface area contributed by atoms with E-state index in [1.807, 2.05) is 24.3 Å². The highest BCUT2D eigenvalue weighted by Crippen LogP contribution is 2.18. The molecule has 0 atom stereocenters. The van der Waals surface area contributed by atoms with Gasteiger partial charge in [0, 0.05) is 12.1 Å². The molecule has 0 saturated carbocycles. The number of hydrogen-bond acceptors (Lipinski definition) is 2. The highest BCUT2D eigenvalue weighted by molar-refractivity contribution is 5.77. The highest BCUT2D eigenvalue weighted by atomic mass is 19.1. The maximum atomic E-state index is 13.4. The molecule has 2 aromatic rings. The quantitative estimate of drug-likeness (QED) is 0.884. The largest absolute Gasteiger partial charge is 0.484 e. The van der Waals surface area contributed by atoms with Crippen LogP contribution in [0.3, 0.4) is 0 Å². The molecule has 4 heteroatoms. The molecule has 1 amide bonds. The van der Waals surface area contributed by atoms with Crippen LogP contribution in [0.4, 0.5) is 4.39 Å². The number of amides is 1. The molecular weight excluding hydrogens is 281 g/mol. The van der Waals surface area contributed by atoms with Crippen LogP contribution in [-0.2, 0) is 11.3 Å². The van der Waals surface area contributed by atoms with Gasteiger partial charge in [-0.15, -0.1) is 0 Å². The van der Waals surface area contributed by atoms with Crippen molar-refractivity contribution in [2.24, 2.45) is 0 Å². The van der Waals surface area contributed by atoms with Gasteiger partial charge in [0.1, 0.15) is 11.6 Å². The number of carbonyl (C=O) groups is 1. The Morgan fingerprint density at radius 1 is 1.14 bits per heavy atom. The van der Waals surface area contributed by atoms with Crippen LogP contribution in [0.1, 0.15) is 30.9 Å². The lowest BCUT2D eigenvalue weighted by molar-refractivity contribution is -0.123. The summed E-state index contributed by atoms with van der Waals surface area (Å²) < 4.78 is 18.8. The molecule has 2 rings (SSSR count). The summed E-state index contributed by atoms with van der Waals surface area (Å²) in [4.78, 5) is 11.7. The minimum atomic E-state index is -0.326. The van der Waals surface area contributed by atoms with E-state index in [-0.39, 0.29) is 24.9 Å². The first-order valence-electron chi connectivity index (χ1n) is 7.29. The lowest BCUT2D eigenvalue weighted by Crippen LogP contribution is -2.28. The summed E-state index contributed by atoms with van der Waals surface area (Å²) in [6, 6.07) is 14.0. The number of benzene rings is 2. The van der Waals surface area contributed by atoms with Gasteiger partial charge in [-0.25, -0.2) is 4.39 Å². The van der Waals surface area contributed by atoms with Gasteiger partial charge in [0.2, 0.25) is 0 Å². The van der Waals surface area contributed by atoms with Gasteiger partial charge in [-0.05, 0) is 29.7 Å². The average molecular weight is 301 g/mol. The fourth-order valence-electron chi connectivity index (χ4n) is 1.98. The summed E-state index contributed by atoms with van der Waals surface area (Å²) >= 11 is 0. The van der Waals surface area contributed by atoms with Crippen molar-refractivity contribution in [2.75, 3.05) is 6.61 Å². The third kappa shape index (κ3) is 4.58. The molecule has 0 radical (unpaired) electrons. The summed E-state index contributed by atoms with van der Waals surface area (Å²) in [5.41, 5.74) is 1.67. The second-order valence-corrected chi connectivity index (χ2v) is 5.38. The first-order valence-corrected chi connectivity index (χ1v) is 7.29. The van der Waals surface area contributed by atoms with Gasteiger partial charge in [0.05, 0.1) is 0 Å². The first-order chi connectivity index (χ1) is 10.6. The van der Waals surface area contributed by atoms with Gasteiger partial charge in [0.15, 0.2) is 6.61 Å². The van der Waals surface area contributed by atoms with Crippen molar-refractivity contribution in [1.82, 2.24) is 5.32 Å². The van der Waals surface area contributed by atoms with Crippen LogP contribution >= 0.6 is 0 Å². The van der Waals surface area contributed by atoms with E-state index in [1.54, 1.807) is 18.2 Å². The second kappa shape index (κ2) is 7.59. The molecule has 1 N–H and O–H groups in total. The van der Waals surface area contributed by atoms with E-state index in [9.17, 15) is 9.18 Å². The maximum absolute atomic E-state index is 13.4. The third-order valence-corrected chi connectivity index (χ3v) is 3.35. The Morgan fingerprint density at radius 3 is 2.45 bits per heavy atom. The Hall–Kier alpha value is -2.36. The Kier molecular flexibility index (Phi) is 5.53. The molecule has 0 heterocycles. The van der Waals surface area contributed by atoms with Gasteiger partial charge in [-0.2, -0.15) is 0 Å². The molecule has 0 aliphatic rings. The summed E-state index contributed by atoms with van der Waals surface area (Å²) in [5.74, 6) is 0.493. The van der Waals surface area contributed by atoms with Gasteiger partial charge in [-0.3, -0.25) is 4.79 Å². The molecular formula is C18H20FNO2. The van der Waals surface area contributed by atoms with Crippen LogP contribution in [0.15, 0.2) is 48.5 Å². The lowest BCUT2D eigenvalue weighted by atomic mass is 10.0. The molecule has 0 aliphatic carbocycles. The van der Waals surface area contributed by atoms with Crippen LogP contribution in [0.5, 0.6) is 5.75 Å². The number of carbonyl (C=O) groups excluding carboxylic acids is 1. The van der Waals surface area contributed by atoms with E-state index >= 15 is 0 Å². The summed E-state index contributed by atoms with van der Waals surface area (Å²) in [6.07, 6.45) is 0. The smallest absolute Gasteiger partial charge is 0.258 e. The van der Waals surface area contributed by atoms with Crippen LogP contribution in [-0.4, -0.2) is 12.5 Å². The molecule has 0 aromatic heterocycles. The van der Waals surface area contributed by atoms with E-state index in [4.69, 9.17) is 4.74 Å². The lowest BCUT2D eigenvalue weighted by Gasteiger charge is -2.09. The number of rotatable bonds is 6. The average Bonchev–Trinajstić information content (AvgIpc) is 2.52. The zero-order chi connectivity index (χ0) is 15.9. The molecule has 0 saturated heterocycles. The molecule has 116 valence electrons. The number of ether oxygens (including phenoxy) is 1. The summed E-state index contributed by atoms with van der Waals surface area (Å²) in [7, 11) is 0. The van der Waals surface area contributed by atoms with Crippen LogP contribution in [0.25, 0.3) is 0 Å². The van der Waals surface area contributed by atoms with Crippen LogP contribution in [0.2, 0.25) is 0 Å². The van der Waals surface area contributed by atoms with Gasteiger partial charge >= 0.3 is 0 Å². The molecule has 3 nitrogen and oxygen atoms in total. The highest BCUT2D eigenvalue weighted by Gasteiger charge is 2.06. The second-order valence-electron chi connectivity index (χ2n) is 5.38. The van der Waals surface area contributed by atoms with Crippen molar-refractivity contribution < 1.29 is 13.9 Å². The predicted molar refractivity (Wildman–Crippen MR) is 84.3 cm³/mol. The van der Waals surface area contributed by atoms with E-state index in [1.165, 1.54) is 11.6 Å².